The van der Waals surface area contributed by atoms with E-state index in [1.807, 2.05) is 0 Å². The zero-order chi connectivity index (χ0) is 15.2. The third-order valence-electron chi connectivity index (χ3n) is 3.64. The van der Waals surface area contributed by atoms with E-state index in [1.54, 1.807) is 4.31 Å². The molecule has 0 saturated carbocycles. The molecular formula is C14H31N3O2S. The Morgan fingerprint density at radius 1 is 1.25 bits per heavy atom. The fourth-order valence-corrected chi connectivity index (χ4v) is 3.72. The summed E-state index contributed by atoms with van der Waals surface area (Å²) in [5, 5.41) is 3.40. The van der Waals surface area contributed by atoms with Crippen molar-refractivity contribution in [3.8, 4) is 0 Å². The van der Waals surface area contributed by atoms with Gasteiger partial charge in [0, 0.05) is 25.7 Å². The lowest BCUT2D eigenvalue weighted by molar-refractivity contribution is 0.254. The summed E-state index contributed by atoms with van der Waals surface area (Å²) in [6.45, 7) is 11.1. The molecule has 1 fully saturated rings. The van der Waals surface area contributed by atoms with Gasteiger partial charge in [0.2, 0.25) is 0 Å². The SMILES string of the molecule is CC(C)CCNS(=O)(=O)N1CCCC(CNC(C)C)C1. The van der Waals surface area contributed by atoms with Crippen LogP contribution in [0, 0.1) is 11.8 Å². The quantitative estimate of drug-likeness (QED) is 0.716. The van der Waals surface area contributed by atoms with E-state index in [0.29, 0.717) is 37.5 Å². The largest absolute Gasteiger partial charge is 0.314 e. The molecule has 0 bridgehead atoms. The third kappa shape index (κ3) is 6.52. The average Bonchev–Trinajstić information content (AvgIpc) is 2.36. The maximum absolute atomic E-state index is 12.2. The smallest absolute Gasteiger partial charge is 0.279 e. The zero-order valence-corrected chi connectivity index (χ0v) is 14.2. The first-order chi connectivity index (χ1) is 9.31. The number of rotatable bonds is 8. The molecule has 6 heteroatoms. The van der Waals surface area contributed by atoms with E-state index in [-0.39, 0.29) is 0 Å². The van der Waals surface area contributed by atoms with Crippen LogP contribution in [0.4, 0.5) is 0 Å². The number of hydrogen-bond donors (Lipinski definition) is 2. The Hall–Kier alpha value is -0.170. The third-order valence-corrected chi connectivity index (χ3v) is 5.22. The standard InChI is InChI=1S/C14H31N3O2S/c1-12(2)7-8-16-20(18,19)17-9-5-6-14(11-17)10-15-13(3)4/h12-16H,5-11H2,1-4H3. The lowest BCUT2D eigenvalue weighted by Crippen LogP contribution is -2.48. The van der Waals surface area contributed by atoms with Crippen LogP contribution in [-0.2, 0) is 10.2 Å². The lowest BCUT2D eigenvalue weighted by Gasteiger charge is -2.32. The molecular weight excluding hydrogens is 274 g/mol. The summed E-state index contributed by atoms with van der Waals surface area (Å²) >= 11 is 0. The first-order valence-electron chi connectivity index (χ1n) is 7.79. The molecule has 0 aromatic carbocycles. The molecule has 0 amide bonds. The van der Waals surface area contributed by atoms with Gasteiger partial charge in [-0.05, 0) is 37.6 Å². The average molecular weight is 305 g/mol. The van der Waals surface area contributed by atoms with Gasteiger partial charge in [0.25, 0.3) is 10.2 Å². The number of piperidine rings is 1. The van der Waals surface area contributed by atoms with Crippen molar-refractivity contribution in [3.63, 3.8) is 0 Å². The van der Waals surface area contributed by atoms with Crippen LogP contribution in [0.3, 0.4) is 0 Å². The van der Waals surface area contributed by atoms with E-state index >= 15 is 0 Å². The van der Waals surface area contributed by atoms with E-state index in [0.717, 1.165) is 25.8 Å². The monoisotopic (exact) mass is 305 g/mol. The van der Waals surface area contributed by atoms with Crippen molar-refractivity contribution in [2.24, 2.45) is 11.8 Å². The highest BCUT2D eigenvalue weighted by Gasteiger charge is 2.28. The van der Waals surface area contributed by atoms with Crippen LogP contribution < -0.4 is 10.0 Å². The first kappa shape index (κ1) is 17.9. The van der Waals surface area contributed by atoms with Gasteiger partial charge in [0.15, 0.2) is 0 Å². The number of hydrogen-bond acceptors (Lipinski definition) is 3. The Kier molecular flexibility index (Phi) is 7.43. The molecule has 20 heavy (non-hydrogen) atoms. The molecule has 0 radical (unpaired) electrons. The molecule has 1 aliphatic rings. The predicted octanol–water partition coefficient (Wildman–Crippen LogP) is 1.58. The summed E-state index contributed by atoms with van der Waals surface area (Å²) < 4.78 is 28.8. The minimum absolute atomic E-state index is 0.424. The normalized spacial score (nSPS) is 21.8. The fraction of sp³-hybridized carbons (Fsp3) is 1.00. The van der Waals surface area contributed by atoms with E-state index in [1.165, 1.54) is 0 Å². The van der Waals surface area contributed by atoms with Crippen LogP contribution in [0.15, 0.2) is 0 Å². The minimum Gasteiger partial charge on any atom is -0.314 e. The van der Waals surface area contributed by atoms with Gasteiger partial charge in [-0.1, -0.05) is 27.7 Å². The van der Waals surface area contributed by atoms with Crippen molar-refractivity contribution in [3.05, 3.63) is 0 Å². The van der Waals surface area contributed by atoms with E-state index in [9.17, 15) is 8.42 Å². The Labute approximate surface area is 124 Å². The number of nitrogens with one attached hydrogen (secondary N) is 2. The molecule has 1 heterocycles. The predicted molar refractivity (Wildman–Crippen MR) is 83.8 cm³/mol. The number of nitrogens with zero attached hydrogens (tertiary/aromatic N) is 1. The Morgan fingerprint density at radius 3 is 2.55 bits per heavy atom. The van der Waals surface area contributed by atoms with Gasteiger partial charge in [-0.2, -0.15) is 12.7 Å². The molecule has 5 nitrogen and oxygen atoms in total. The molecule has 2 N–H and O–H groups in total. The molecule has 0 aliphatic carbocycles. The summed E-state index contributed by atoms with van der Waals surface area (Å²) in [4.78, 5) is 0. The van der Waals surface area contributed by atoms with E-state index in [4.69, 9.17) is 0 Å². The maximum atomic E-state index is 12.2. The van der Waals surface area contributed by atoms with Gasteiger partial charge < -0.3 is 5.32 Å². The highest BCUT2D eigenvalue weighted by atomic mass is 32.2. The molecule has 1 aliphatic heterocycles. The van der Waals surface area contributed by atoms with Crippen molar-refractivity contribution in [2.75, 3.05) is 26.2 Å². The Morgan fingerprint density at radius 2 is 1.95 bits per heavy atom. The summed E-state index contributed by atoms with van der Waals surface area (Å²) in [6, 6.07) is 0.450. The summed E-state index contributed by atoms with van der Waals surface area (Å²) in [5.74, 6) is 0.940. The molecule has 120 valence electrons. The van der Waals surface area contributed by atoms with Gasteiger partial charge in [0.05, 0.1) is 0 Å². The molecule has 0 spiro atoms. The fourth-order valence-electron chi connectivity index (χ4n) is 2.38. The summed E-state index contributed by atoms with van der Waals surface area (Å²) in [7, 11) is -3.29. The van der Waals surface area contributed by atoms with Gasteiger partial charge in [-0.15, -0.1) is 0 Å². The first-order valence-corrected chi connectivity index (χ1v) is 9.23. The molecule has 0 aromatic heterocycles. The van der Waals surface area contributed by atoms with E-state index in [2.05, 4.69) is 37.7 Å². The summed E-state index contributed by atoms with van der Waals surface area (Å²) in [5.41, 5.74) is 0. The second kappa shape index (κ2) is 8.32. The molecule has 1 unspecified atom stereocenters. The van der Waals surface area contributed by atoms with Crippen LogP contribution >= 0.6 is 0 Å². The maximum Gasteiger partial charge on any atom is 0.279 e. The van der Waals surface area contributed by atoms with Crippen molar-refractivity contribution < 1.29 is 8.42 Å². The molecule has 1 saturated heterocycles. The highest BCUT2D eigenvalue weighted by molar-refractivity contribution is 7.87. The van der Waals surface area contributed by atoms with Crippen molar-refractivity contribution in [1.29, 1.82) is 0 Å². The van der Waals surface area contributed by atoms with Crippen LogP contribution in [-0.4, -0.2) is 44.9 Å². The van der Waals surface area contributed by atoms with Gasteiger partial charge in [0.1, 0.15) is 0 Å². The van der Waals surface area contributed by atoms with Crippen LogP contribution in [0.1, 0.15) is 47.0 Å². The molecule has 1 rings (SSSR count). The zero-order valence-electron chi connectivity index (χ0n) is 13.4. The van der Waals surface area contributed by atoms with Crippen molar-refractivity contribution in [1.82, 2.24) is 14.3 Å². The second-order valence-corrected chi connectivity index (χ2v) is 8.27. The molecule has 1 atom stereocenters. The Balaban J connectivity index is 2.44. The topological polar surface area (TPSA) is 61.4 Å². The van der Waals surface area contributed by atoms with E-state index < -0.39 is 10.2 Å². The van der Waals surface area contributed by atoms with Gasteiger partial charge in [-0.25, -0.2) is 4.72 Å². The van der Waals surface area contributed by atoms with Gasteiger partial charge >= 0.3 is 0 Å². The van der Waals surface area contributed by atoms with Crippen LogP contribution in [0.2, 0.25) is 0 Å². The second-order valence-electron chi connectivity index (χ2n) is 6.51. The van der Waals surface area contributed by atoms with Crippen molar-refractivity contribution in [2.45, 2.75) is 53.0 Å². The van der Waals surface area contributed by atoms with Crippen LogP contribution in [0.5, 0.6) is 0 Å². The van der Waals surface area contributed by atoms with Crippen LogP contribution in [0.25, 0.3) is 0 Å². The minimum atomic E-state index is -3.29. The van der Waals surface area contributed by atoms with Gasteiger partial charge in [-0.3, -0.25) is 0 Å². The highest BCUT2D eigenvalue weighted by Crippen LogP contribution is 2.18. The Bertz CT molecular complexity index is 369. The lowest BCUT2D eigenvalue weighted by atomic mass is 9.99. The summed E-state index contributed by atoms with van der Waals surface area (Å²) in [6.07, 6.45) is 2.94. The molecule has 0 aromatic rings. The van der Waals surface area contributed by atoms with Crippen molar-refractivity contribution >= 4 is 10.2 Å².